The first-order valence-corrected chi connectivity index (χ1v) is 12.9. The molecule has 2 amide bonds. The maximum Gasteiger partial charge on any atom is 0.266 e. The molecule has 0 aliphatic heterocycles. The highest BCUT2D eigenvalue weighted by Gasteiger charge is 2.16. The largest absolute Gasteiger partial charge is 0.490 e. The first-order chi connectivity index (χ1) is 17.7. The minimum Gasteiger partial charge on any atom is -0.490 e. The van der Waals surface area contributed by atoms with E-state index in [0.717, 1.165) is 0 Å². The van der Waals surface area contributed by atoms with Crippen molar-refractivity contribution in [3.05, 3.63) is 84.4 Å². The van der Waals surface area contributed by atoms with Gasteiger partial charge in [-0.1, -0.05) is 40.9 Å². The number of rotatable bonds is 9. The SMILES string of the molecule is CCOc1cc(/C=C(/C#N)C(=O)Nc2cccc(Cl)c2)cc(I)c1OCC(=O)Nc1ccc(Cl)c(Cl)c1. The predicted molar refractivity (Wildman–Crippen MR) is 155 cm³/mol. The van der Waals surface area contributed by atoms with Crippen LogP contribution in [0.4, 0.5) is 11.4 Å². The van der Waals surface area contributed by atoms with Crippen LogP contribution in [0.15, 0.2) is 60.2 Å². The lowest BCUT2D eigenvalue weighted by molar-refractivity contribution is -0.118. The van der Waals surface area contributed by atoms with Crippen LogP contribution >= 0.6 is 57.4 Å². The molecule has 3 aromatic carbocycles. The Hall–Kier alpha value is -2.97. The molecule has 0 spiro atoms. The molecule has 11 heteroatoms. The molecule has 0 heterocycles. The summed E-state index contributed by atoms with van der Waals surface area (Å²) in [4.78, 5) is 25.0. The van der Waals surface area contributed by atoms with Gasteiger partial charge in [-0.3, -0.25) is 9.59 Å². The number of carbonyl (C=O) groups excluding carboxylic acids is 2. The van der Waals surface area contributed by atoms with E-state index in [1.807, 2.05) is 28.7 Å². The smallest absolute Gasteiger partial charge is 0.266 e. The second-order valence-electron chi connectivity index (χ2n) is 7.36. The van der Waals surface area contributed by atoms with Gasteiger partial charge in [-0.15, -0.1) is 0 Å². The molecule has 0 bridgehead atoms. The highest BCUT2D eigenvalue weighted by molar-refractivity contribution is 14.1. The van der Waals surface area contributed by atoms with Crippen molar-refractivity contribution in [1.82, 2.24) is 0 Å². The Labute approximate surface area is 242 Å². The average Bonchev–Trinajstić information content (AvgIpc) is 2.84. The fourth-order valence-corrected chi connectivity index (χ4v) is 4.33. The van der Waals surface area contributed by atoms with E-state index >= 15 is 0 Å². The molecule has 0 aromatic heterocycles. The zero-order valence-electron chi connectivity index (χ0n) is 19.3. The zero-order chi connectivity index (χ0) is 26.9. The molecule has 0 saturated carbocycles. The lowest BCUT2D eigenvalue weighted by atomic mass is 10.1. The lowest BCUT2D eigenvalue weighted by Crippen LogP contribution is -2.20. The molecule has 37 heavy (non-hydrogen) atoms. The van der Waals surface area contributed by atoms with Crippen molar-refractivity contribution in [2.75, 3.05) is 23.8 Å². The Kier molecular flexibility index (Phi) is 10.5. The Morgan fingerprint density at radius 1 is 1.00 bits per heavy atom. The van der Waals surface area contributed by atoms with E-state index in [0.29, 0.717) is 53.7 Å². The number of carbonyl (C=O) groups is 2. The summed E-state index contributed by atoms with van der Waals surface area (Å²) >= 11 is 19.9. The Bertz CT molecular complexity index is 1410. The van der Waals surface area contributed by atoms with Gasteiger partial charge in [-0.2, -0.15) is 5.26 Å². The highest BCUT2D eigenvalue weighted by Crippen LogP contribution is 2.35. The molecule has 0 unspecified atom stereocenters. The Balaban J connectivity index is 1.77. The van der Waals surface area contributed by atoms with Crippen molar-refractivity contribution in [1.29, 1.82) is 5.26 Å². The van der Waals surface area contributed by atoms with Crippen molar-refractivity contribution < 1.29 is 19.1 Å². The molecule has 0 atom stereocenters. The minimum absolute atomic E-state index is 0.118. The van der Waals surface area contributed by atoms with Crippen molar-refractivity contribution >= 4 is 86.7 Å². The summed E-state index contributed by atoms with van der Waals surface area (Å²) in [7, 11) is 0. The van der Waals surface area contributed by atoms with Crippen LogP contribution in [0.3, 0.4) is 0 Å². The zero-order valence-corrected chi connectivity index (χ0v) is 23.7. The Morgan fingerprint density at radius 3 is 2.43 bits per heavy atom. The molecule has 2 N–H and O–H groups in total. The number of nitrogens with zero attached hydrogens (tertiary/aromatic N) is 1. The number of nitrogens with one attached hydrogen (secondary N) is 2. The summed E-state index contributed by atoms with van der Waals surface area (Å²) < 4.78 is 12.1. The van der Waals surface area contributed by atoms with Crippen LogP contribution < -0.4 is 20.1 Å². The van der Waals surface area contributed by atoms with E-state index in [1.165, 1.54) is 12.1 Å². The summed E-state index contributed by atoms with van der Waals surface area (Å²) in [5.41, 5.74) is 1.36. The van der Waals surface area contributed by atoms with E-state index in [1.54, 1.807) is 55.5 Å². The summed E-state index contributed by atoms with van der Waals surface area (Å²) in [6, 6.07) is 16.6. The molecule has 3 aromatic rings. The van der Waals surface area contributed by atoms with Gasteiger partial charge in [0, 0.05) is 16.4 Å². The van der Waals surface area contributed by atoms with Crippen LogP contribution in [0.2, 0.25) is 15.1 Å². The van der Waals surface area contributed by atoms with Gasteiger partial charge >= 0.3 is 0 Å². The van der Waals surface area contributed by atoms with E-state index in [2.05, 4.69) is 10.6 Å². The first-order valence-electron chi connectivity index (χ1n) is 10.7. The van der Waals surface area contributed by atoms with Crippen molar-refractivity contribution in [2.24, 2.45) is 0 Å². The molecular weight excluding hydrogens is 652 g/mol. The van der Waals surface area contributed by atoms with E-state index < -0.39 is 11.8 Å². The number of halogens is 4. The van der Waals surface area contributed by atoms with Gasteiger partial charge in [-0.05, 0) is 89.7 Å². The number of hydrogen-bond acceptors (Lipinski definition) is 5. The molecule has 0 radical (unpaired) electrons. The maximum absolute atomic E-state index is 12.6. The van der Waals surface area contributed by atoms with E-state index in [4.69, 9.17) is 44.3 Å². The second kappa shape index (κ2) is 13.5. The third-order valence-electron chi connectivity index (χ3n) is 4.64. The van der Waals surface area contributed by atoms with Crippen LogP contribution in [0, 0.1) is 14.9 Å². The number of amides is 2. The fourth-order valence-electron chi connectivity index (χ4n) is 3.06. The summed E-state index contributed by atoms with van der Waals surface area (Å²) in [5, 5.41) is 16.0. The summed E-state index contributed by atoms with van der Waals surface area (Å²) in [6.07, 6.45) is 1.44. The quantitative estimate of drug-likeness (QED) is 0.142. The number of nitriles is 1. The van der Waals surface area contributed by atoms with Gasteiger partial charge in [0.05, 0.1) is 20.2 Å². The van der Waals surface area contributed by atoms with Gasteiger partial charge < -0.3 is 20.1 Å². The third-order valence-corrected chi connectivity index (χ3v) is 6.42. The maximum atomic E-state index is 12.6. The molecule has 0 aliphatic rings. The standard InChI is InChI=1S/C26H19Cl3IN3O4/c1-2-36-23-10-15(8-16(13-31)26(35)33-18-5-3-4-17(27)11-18)9-22(30)25(23)37-14-24(34)32-19-6-7-20(28)21(29)12-19/h3-12H,2,14H2,1H3,(H,32,34)(H,33,35)/b16-8-. The van der Waals surface area contributed by atoms with Crippen LogP contribution in [0.5, 0.6) is 11.5 Å². The van der Waals surface area contributed by atoms with E-state index in [-0.39, 0.29) is 12.2 Å². The van der Waals surface area contributed by atoms with Crippen LogP contribution in [0.25, 0.3) is 6.08 Å². The minimum atomic E-state index is -0.586. The van der Waals surface area contributed by atoms with Gasteiger partial charge in [0.15, 0.2) is 18.1 Å². The highest BCUT2D eigenvalue weighted by atomic mass is 127. The third kappa shape index (κ3) is 8.27. The van der Waals surface area contributed by atoms with Crippen LogP contribution in [0.1, 0.15) is 12.5 Å². The van der Waals surface area contributed by atoms with Crippen LogP contribution in [-0.4, -0.2) is 25.0 Å². The molecular formula is C26H19Cl3IN3O4. The molecule has 7 nitrogen and oxygen atoms in total. The number of benzene rings is 3. The van der Waals surface area contributed by atoms with Crippen molar-refractivity contribution in [3.63, 3.8) is 0 Å². The normalized spacial score (nSPS) is 10.9. The predicted octanol–water partition coefficient (Wildman–Crippen LogP) is 7.21. The second-order valence-corrected chi connectivity index (χ2v) is 9.78. The average molecular weight is 671 g/mol. The van der Waals surface area contributed by atoms with Crippen molar-refractivity contribution in [2.45, 2.75) is 6.92 Å². The molecule has 190 valence electrons. The first kappa shape index (κ1) is 28.6. The van der Waals surface area contributed by atoms with Crippen LogP contribution in [-0.2, 0) is 9.59 Å². The molecule has 0 saturated heterocycles. The van der Waals surface area contributed by atoms with Crippen molar-refractivity contribution in [3.8, 4) is 17.6 Å². The van der Waals surface area contributed by atoms with Gasteiger partial charge in [-0.25, -0.2) is 0 Å². The van der Waals surface area contributed by atoms with Gasteiger partial charge in [0.25, 0.3) is 11.8 Å². The molecule has 0 fully saturated rings. The number of anilines is 2. The van der Waals surface area contributed by atoms with Gasteiger partial charge in [0.1, 0.15) is 11.6 Å². The topological polar surface area (TPSA) is 100 Å². The van der Waals surface area contributed by atoms with Gasteiger partial charge in [0.2, 0.25) is 0 Å². The summed E-state index contributed by atoms with van der Waals surface area (Å²) in [6.45, 7) is 1.84. The summed E-state index contributed by atoms with van der Waals surface area (Å²) in [5.74, 6) is -0.289. The number of ether oxygens (including phenoxy) is 2. The molecule has 3 rings (SSSR count). The van der Waals surface area contributed by atoms with E-state index in [9.17, 15) is 14.9 Å². The molecule has 0 aliphatic carbocycles. The fraction of sp³-hybridized carbons (Fsp3) is 0.115. The lowest BCUT2D eigenvalue weighted by Gasteiger charge is -2.15. The monoisotopic (exact) mass is 669 g/mol. The Morgan fingerprint density at radius 2 is 1.76 bits per heavy atom. The number of hydrogen-bond donors (Lipinski definition) is 2.